The van der Waals surface area contributed by atoms with Gasteiger partial charge in [-0.2, -0.15) is 0 Å². The molecular weight excluding hydrogens is 270 g/mol. The van der Waals surface area contributed by atoms with E-state index in [0.717, 1.165) is 16.9 Å². The highest BCUT2D eigenvalue weighted by Gasteiger charge is 2.22. The fourth-order valence-electron chi connectivity index (χ4n) is 2.43. The highest BCUT2D eigenvalue weighted by atomic mass is 16.4. The normalized spacial score (nSPS) is 14.9. The topological polar surface area (TPSA) is 95.1 Å². The first-order valence-corrected chi connectivity index (χ1v) is 7.13. The van der Waals surface area contributed by atoms with E-state index >= 15 is 0 Å². The maximum absolute atomic E-state index is 11.6. The molecular formula is C15H17N3O3. The summed E-state index contributed by atoms with van der Waals surface area (Å²) in [5.41, 5.74) is 2.44. The summed E-state index contributed by atoms with van der Waals surface area (Å²) >= 11 is 0. The van der Waals surface area contributed by atoms with Gasteiger partial charge in [-0.25, -0.2) is 4.98 Å². The highest BCUT2D eigenvalue weighted by Crippen LogP contribution is 2.35. The molecule has 0 aliphatic heterocycles. The van der Waals surface area contributed by atoms with E-state index in [1.807, 2.05) is 12.1 Å². The first kappa shape index (κ1) is 13.6. The lowest BCUT2D eigenvalue weighted by Crippen LogP contribution is -2.13. The number of carboxylic acid groups (broad SMARTS) is 1. The summed E-state index contributed by atoms with van der Waals surface area (Å²) in [6.07, 6.45) is 3.43. The number of carbonyl (C=O) groups is 2. The Morgan fingerprint density at radius 1 is 1.33 bits per heavy atom. The van der Waals surface area contributed by atoms with Gasteiger partial charge in [-0.1, -0.05) is 6.42 Å². The second kappa shape index (κ2) is 5.55. The molecule has 110 valence electrons. The number of hydrogen-bond donors (Lipinski definition) is 3. The maximum atomic E-state index is 11.6. The van der Waals surface area contributed by atoms with Crippen LogP contribution in [0.25, 0.3) is 11.0 Å². The first-order valence-electron chi connectivity index (χ1n) is 7.13. The lowest BCUT2D eigenvalue weighted by Gasteiger charge is -2.22. The Bertz CT molecular complexity index is 689. The third kappa shape index (κ3) is 3.04. The maximum Gasteiger partial charge on any atom is 0.303 e. The fourth-order valence-corrected chi connectivity index (χ4v) is 2.43. The average Bonchev–Trinajstić information content (AvgIpc) is 2.76. The van der Waals surface area contributed by atoms with E-state index < -0.39 is 5.97 Å². The van der Waals surface area contributed by atoms with E-state index in [4.69, 9.17) is 5.11 Å². The number of aliphatic carboxylic acids is 1. The minimum atomic E-state index is -0.973. The van der Waals surface area contributed by atoms with Crippen molar-refractivity contribution in [2.75, 3.05) is 5.32 Å². The molecule has 1 aliphatic carbocycles. The summed E-state index contributed by atoms with van der Waals surface area (Å²) in [6.45, 7) is 0. The zero-order chi connectivity index (χ0) is 14.8. The smallest absolute Gasteiger partial charge is 0.303 e. The van der Waals surface area contributed by atoms with Gasteiger partial charge >= 0.3 is 5.97 Å². The van der Waals surface area contributed by atoms with Gasteiger partial charge in [0, 0.05) is 18.0 Å². The monoisotopic (exact) mass is 287 g/mol. The van der Waals surface area contributed by atoms with Crippen LogP contribution in [-0.2, 0) is 9.59 Å². The number of hydrogen-bond acceptors (Lipinski definition) is 3. The Kier molecular flexibility index (Phi) is 3.60. The number of aromatic amines is 1. The van der Waals surface area contributed by atoms with Crippen LogP contribution in [0.4, 0.5) is 5.69 Å². The van der Waals surface area contributed by atoms with E-state index in [9.17, 15) is 9.59 Å². The Labute approximate surface area is 121 Å². The summed E-state index contributed by atoms with van der Waals surface area (Å²) in [4.78, 5) is 29.9. The van der Waals surface area contributed by atoms with Crippen molar-refractivity contribution in [1.82, 2.24) is 9.97 Å². The number of nitrogens with one attached hydrogen (secondary N) is 2. The van der Waals surface area contributed by atoms with E-state index in [2.05, 4.69) is 15.3 Å². The summed E-state index contributed by atoms with van der Waals surface area (Å²) in [7, 11) is 0. The van der Waals surface area contributed by atoms with Gasteiger partial charge in [0.05, 0.1) is 17.5 Å². The van der Waals surface area contributed by atoms with Crippen molar-refractivity contribution >= 4 is 28.6 Å². The molecule has 0 bridgehead atoms. The average molecular weight is 287 g/mol. The van der Waals surface area contributed by atoms with Gasteiger partial charge in [0.2, 0.25) is 5.91 Å². The number of nitrogens with zero attached hydrogens (tertiary/aromatic N) is 1. The molecule has 1 amide bonds. The van der Waals surface area contributed by atoms with E-state index in [0.29, 0.717) is 11.6 Å². The van der Waals surface area contributed by atoms with Crippen molar-refractivity contribution in [2.45, 2.75) is 38.0 Å². The van der Waals surface area contributed by atoms with Crippen LogP contribution in [-0.4, -0.2) is 27.0 Å². The molecule has 21 heavy (non-hydrogen) atoms. The van der Waals surface area contributed by atoms with Crippen LogP contribution in [0.2, 0.25) is 0 Å². The van der Waals surface area contributed by atoms with Crippen LogP contribution in [0.1, 0.15) is 43.8 Å². The van der Waals surface area contributed by atoms with Crippen LogP contribution in [0, 0.1) is 0 Å². The van der Waals surface area contributed by atoms with Crippen molar-refractivity contribution in [3.05, 3.63) is 24.0 Å². The second-order valence-electron chi connectivity index (χ2n) is 5.42. The number of benzene rings is 1. The number of rotatable bonds is 5. The molecule has 1 aliphatic rings. The zero-order valence-electron chi connectivity index (χ0n) is 11.6. The molecule has 0 radical (unpaired) electrons. The number of fused-ring (bicyclic) bond motifs is 1. The fraction of sp³-hybridized carbons (Fsp3) is 0.400. The molecule has 0 unspecified atom stereocenters. The van der Waals surface area contributed by atoms with Gasteiger partial charge in [0.1, 0.15) is 5.82 Å². The van der Waals surface area contributed by atoms with Gasteiger partial charge in [-0.3, -0.25) is 9.59 Å². The van der Waals surface area contributed by atoms with Crippen molar-refractivity contribution in [1.29, 1.82) is 0 Å². The number of imidazole rings is 1. The molecule has 0 saturated heterocycles. The minimum Gasteiger partial charge on any atom is -0.481 e. The van der Waals surface area contributed by atoms with Gasteiger partial charge < -0.3 is 15.4 Å². The standard InChI is InChI=1S/C15H17N3O3/c19-13(6-7-14(20)21)16-10-4-5-11-12(8-10)18-15(17-11)9-2-1-3-9/h4-5,8-9H,1-3,6-7H2,(H,16,19)(H,17,18)(H,20,21). The predicted octanol–water partition coefficient (Wildman–Crippen LogP) is 2.63. The molecule has 1 heterocycles. The largest absolute Gasteiger partial charge is 0.481 e. The molecule has 6 nitrogen and oxygen atoms in total. The van der Waals surface area contributed by atoms with E-state index in [-0.39, 0.29) is 18.7 Å². The minimum absolute atomic E-state index is 0.0241. The SMILES string of the molecule is O=C(O)CCC(=O)Nc1ccc2nc(C3CCC3)[nH]c2c1. The molecule has 1 fully saturated rings. The number of carbonyl (C=O) groups excluding carboxylic acids is 1. The Morgan fingerprint density at radius 2 is 2.14 bits per heavy atom. The summed E-state index contributed by atoms with van der Waals surface area (Å²) in [5.74, 6) is 0.284. The Balaban J connectivity index is 1.71. The van der Waals surface area contributed by atoms with Crippen LogP contribution in [0.5, 0.6) is 0 Å². The molecule has 1 aromatic heterocycles. The van der Waals surface area contributed by atoms with Crippen molar-refractivity contribution in [3.63, 3.8) is 0 Å². The van der Waals surface area contributed by atoms with E-state index in [1.165, 1.54) is 19.3 Å². The Morgan fingerprint density at radius 3 is 2.81 bits per heavy atom. The van der Waals surface area contributed by atoms with Crippen LogP contribution in [0.3, 0.4) is 0 Å². The van der Waals surface area contributed by atoms with Crippen molar-refractivity contribution in [2.24, 2.45) is 0 Å². The first-order chi connectivity index (χ1) is 10.1. The Hall–Kier alpha value is -2.37. The molecule has 3 rings (SSSR count). The summed E-state index contributed by atoms with van der Waals surface area (Å²) in [6, 6.07) is 5.48. The van der Waals surface area contributed by atoms with Gasteiger partial charge in [-0.05, 0) is 31.0 Å². The molecule has 1 aromatic carbocycles. The lowest BCUT2D eigenvalue weighted by molar-refractivity contribution is -0.138. The van der Waals surface area contributed by atoms with Gasteiger partial charge in [0.15, 0.2) is 0 Å². The number of carboxylic acids is 1. The predicted molar refractivity (Wildman–Crippen MR) is 78.2 cm³/mol. The van der Waals surface area contributed by atoms with Gasteiger partial charge in [-0.15, -0.1) is 0 Å². The third-order valence-corrected chi connectivity index (χ3v) is 3.84. The molecule has 1 saturated carbocycles. The van der Waals surface area contributed by atoms with Crippen molar-refractivity contribution in [3.8, 4) is 0 Å². The van der Waals surface area contributed by atoms with Crippen LogP contribution < -0.4 is 5.32 Å². The summed E-state index contributed by atoms with van der Waals surface area (Å²) in [5, 5.41) is 11.3. The molecule has 6 heteroatoms. The molecule has 0 atom stereocenters. The molecule has 3 N–H and O–H groups in total. The second-order valence-corrected chi connectivity index (χ2v) is 5.42. The third-order valence-electron chi connectivity index (χ3n) is 3.84. The molecule has 2 aromatic rings. The molecule has 0 spiro atoms. The van der Waals surface area contributed by atoms with Gasteiger partial charge in [0.25, 0.3) is 0 Å². The number of anilines is 1. The van der Waals surface area contributed by atoms with Crippen LogP contribution in [0.15, 0.2) is 18.2 Å². The van der Waals surface area contributed by atoms with Crippen LogP contribution >= 0.6 is 0 Å². The summed E-state index contributed by atoms with van der Waals surface area (Å²) < 4.78 is 0. The van der Waals surface area contributed by atoms with E-state index in [1.54, 1.807) is 6.07 Å². The number of aromatic nitrogens is 2. The zero-order valence-corrected chi connectivity index (χ0v) is 11.6. The lowest BCUT2D eigenvalue weighted by atomic mass is 9.85. The highest BCUT2D eigenvalue weighted by molar-refractivity contribution is 5.94. The number of H-pyrrole nitrogens is 1. The quantitative estimate of drug-likeness (QED) is 0.787. The van der Waals surface area contributed by atoms with Crippen molar-refractivity contribution < 1.29 is 14.7 Å². The number of amides is 1.